The summed E-state index contributed by atoms with van der Waals surface area (Å²) in [6.07, 6.45) is 1.52. The van der Waals surface area contributed by atoms with Gasteiger partial charge in [0.25, 0.3) is 0 Å². The van der Waals surface area contributed by atoms with Crippen molar-refractivity contribution in [2.24, 2.45) is 0 Å². The van der Waals surface area contributed by atoms with Crippen molar-refractivity contribution in [2.45, 2.75) is 44.0 Å². The molecule has 0 aliphatic carbocycles. The van der Waals surface area contributed by atoms with E-state index < -0.39 is 10.0 Å². The van der Waals surface area contributed by atoms with Crippen molar-refractivity contribution in [3.05, 3.63) is 53.6 Å². The fourth-order valence-corrected chi connectivity index (χ4v) is 5.40. The first kappa shape index (κ1) is 20.6. The van der Waals surface area contributed by atoms with Crippen LogP contribution in [0.3, 0.4) is 0 Å². The third-order valence-corrected chi connectivity index (χ3v) is 7.20. The number of rotatable bonds is 5. The first-order valence-electron chi connectivity index (χ1n) is 10.1. The van der Waals surface area contributed by atoms with Crippen molar-refractivity contribution in [3.63, 3.8) is 0 Å². The highest BCUT2D eigenvalue weighted by Crippen LogP contribution is 2.32. The maximum absolute atomic E-state index is 12.7. The van der Waals surface area contributed by atoms with Crippen LogP contribution in [0.5, 0.6) is 0 Å². The van der Waals surface area contributed by atoms with Gasteiger partial charge in [-0.2, -0.15) is 0 Å². The van der Waals surface area contributed by atoms with Crippen LogP contribution in [0.1, 0.15) is 31.4 Å². The molecule has 0 fully saturated rings. The van der Waals surface area contributed by atoms with Gasteiger partial charge >= 0.3 is 0 Å². The molecule has 0 bridgehead atoms. The summed E-state index contributed by atoms with van der Waals surface area (Å²) in [7, 11) is -3.74. The van der Waals surface area contributed by atoms with E-state index in [4.69, 9.17) is 0 Å². The number of anilines is 2. The average Bonchev–Trinajstić information content (AvgIpc) is 3.27. The van der Waals surface area contributed by atoms with E-state index in [1.54, 1.807) is 21.9 Å². The van der Waals surface area contributed by atoms with Crippen LogP contribution in [0.25, 0.3) is 0 Å². The second-order valence-corrected chi connectivity index (χ2v) is 9.57. The smallest absolute Gasteiger partial charge is 0.240 e. The highest BCUT2D eigenvalue weighted by Gasteiger charge is 2.30. The number of hydrogen-bond donors (Lipinski definition) is 1. The van der Waals surface area contributed by atoms with E-state index in [0.29, 0.717) is 13.0 Å². The molecule has 0 aromatic heterocycles. The van der Waals surface area contributed by atoms with Gasteiger partial charge in [-0.25, -0.2) is 13.1 Å². The standard InChI is InChI=1S/C22H25N3O4S/c1-15-13-17-5-3-4-6-21(17)25(15)22(27)9-11-23-30(28,29)19-7-8-20-18(14-19)10-12-24(20)16(2)26/h3-8,14-15,23H,9-13H2,1-2H3/t15-/m1/s1. The number of nitrogens with one attached hydrogen (secondary N) is 1. The Labute approximate surface area is 176 Å². The molecule has 1 atom stereocenters. The monoisotopic (exact) mass is 427 g/mol. The van der Waals surface area contributed by atoms with Crippen LogP contribution in [0, 0.1) is 0 Å². The predicted molar refractivity (Wildman–Crippen MR) is 115 cm³/mol. The molecule has 0 spiro atoms. The van der Waals surface area contributed by atoms with Gasteiger partial charge < -0.3 is 9.80 Å². The zero-order chi connectivity index (χ0) is 21.5. The van der Waals surface area contributed by atoms with E-state index in [2.05, 4.69) is 4.72 Å². The fraction of sp³-hybridized carbons (Fsp3) is 0.364. The lowest BCUT2D eigenvalue weighted by Gasteiger charge is -2.22. The Hall–Kier alpha value is -2.71. The van der Waals surface area contributed by atoms with Crippen molar-refractivity contribution in [1.29, 1.82) is 0 Å². The third kappa shape index (κ3) is 3.73. The second kappa shape index (κ2) is 7.85. The molecule has 2 amide bonds. The highest BCUT2D eigenvalue weighted by molar-refractivity contribution is 7.89. The van der Waals surface area contributed by atoms with Crippen LogP contribution in [-0.2, 0) is 32.5 Å². The predicted octanol–water partition coefficient (Wildman–Crippen LogP) is 2.24. The van der Waals surface area contributed by atoms with Crippen LogP contribution in [0.15, 0.2) is 47.4 Å². The van der Waals surface area contributed by atoms with E-state index in [0.717, 1.165) is 28.9 Å². The second-order valence-electron chi connectivity index (χ2n) is 7.80. The Bertz CT molecular complexity index is 1110. The van der Waals surface area contributed by atoms with Gasteiger partial charge in [-0.05, 0) is 55.2 Å². The van der Waals surface area contributed by atoms with Crippen molar-refractivity contribution in [3.8, 4) is 0 Å². The summed E-state index contributed by atoms with van der Waals surface area (Å²) < 4.78 is 27.9. The highest BCUT2D eigenvalue weighted by atomic mass is 32.2. The molecule has 2 aromatic carbocycles. The lowest BCUT2D eigenvalue weighted by molar-refractivity contribution is -0.119. The van der Waals surface area contributed by atoms with E-state index in [-0.39, 0.29) is 35.7 Å². The number of fused-ring (bicyclic) bond motifs is 2. The van der Waals surface area contributed by atoms with Crippen molar-refractivity contribution >= 4 is 33.2 Å². The van der Waals surface area contributed by atoms with Gasteiger partial charge in [-0.1, -0.05) is 18.2 Å². The van der Waals surface area contributed by atoms with E-state index in [1.165, 1.54) is 13.0 Å². The SMILES string of the molecule is CC(=O)N1CCc2cc(S(=O)(=O)NCCC(=O)N3c4ccccc4C[C@H]3C)ccc21. The van der Waals surface area contributed by atoms with Crippen LogP contribution in [0.2, 0.25) is 0 Å². The molecule has 2 heterocycles. The minimum atomic E-state index is -3.74. The zero-order valence-electron chi connectivity index (χ0n) is 17.1. The Balaban J connectivity index is 1.41. The quantitative estimate of drug-likeness (QED) is 0.793. The van der Waals surface area contributed by atoms with Crippen LogP contribution >= 0.6 is 0 Å². The lowest BCUT2D eigenvalue weighted by atomic mass is 10.1. The molecular weight excluding hydrogens is 402 g/mol. The number of para-hydroxylation sites is 1. The molecule has 0 saturated heterocycles. The van der Waals surface area contributed by atoms with Gasteiger partial charge in [0.2, 0.25) is 21.8 Å². The summed E-state index contributed by atoms with van der Waals surface area (Å²) in [6.45, 7) is 4.09. The first-order valence-corrected chi connectivity index (χ1v) is 11.6. The molecule has 2 aliphatic rings. The van der Waals surface area contributed by atoms with Gasteiger partial charge in [-0.15, -0.1) is 0 Å². The van der Waals surface area contributed by atoms with Crippen molar-refractivity contribution in [2.75, 3.05) is 22.9 Å². The summed E-state index contributed by atoms with van der Waals surface area (Å²) in [5, 5.41) is 0. The molecular formula is C22H25N3O4S. The van der Waals surface area contributed by atoms with Gasteiger partial charge in [0.15, 0.2) is 0 Å². The number of carbonyl (C=O) groups excluding carboxylic acids is 2. The summed E-state index contributed by atoms with van der Waals surface area (Å²) in [6, 6.07) is 12.7. The number of carbonyl (C=O) groups is 2. The number of nitrogens with zero attached hydrogens (tertiary/aromatic N) is 2. The zero-order valence-corrected chi connectivity index (χ0v) is 17.9. The summed E-state index contributed by atoms with van der Waals surface area (Å²) in [4.78, 5) is 28.0. The summed E-state index contributed by atoms with van der Waals surface area (Å²) >= 11 is 0. The maximum Gasteiger partial charge on any atom is 0.240 e. The fourth-order valence-electron chi connectivity index (χ4n) is 4.31. The van der Waals surface area contributed by atoms with E-state index in [1.807, 2.05) is 31.2 Å². The molecule has 7 nitrogen and oxygen atoms in total. The number of amides is 2. The molecule has 4 rings (SSSR count). The average molecular weight is 428 g/mol. The lowest BCUT2D eigenvalue weighted by Crippen LogP contribution is -2.38. The van der Waals surface area contributed by atoms with Gasteiger partial charge in [0.05, 0.1) is 4.90 Å². The van der Waals surface area contributed by atoms with Crippen LogP contribution in [-0.4, -0.2) is 39.4 Å². The number of benzene rings is 2. The number of hydrogen-bond acceptors (Lipinski definition) is 4. The van der Waals surface area contributed by atoms with Crippen LogP contribution in [0.4, 0.5) is 11.4 Å². The normalized spacial score (nSPS) is 17.7. The minimum Gasteiger partial charge on any atom is -0.312 e. The van der Waals surface area contributed by atoms with Gasteiger partial charge in [-0.3, -0.25) is 9.59 Å². The third-order valence-electron chi connectivity index (χ3n) is 5.74. The molecule has 8 heteroatoms. The van der Waals surface area contributed by atoms with Gasteiger partial charge in [0.1, 0.15) is 0 Å². The molecule has 0 unspecified atom stereocenters. The Morgan fingerprint density at radius 1 is 1.10 bits per heavy atom. The summed E-state index contributed by atoms with van der Waals surface area (Å²) in [5.41, 5.74) is 3.65. The van der Waals surface area contributed by atoms with Gasteiger partial charge in [0, 0.05) is 43.9 Å². The molecule has 2 aliphatic heterocycles. The molecule has 158 valence electrons. The first-order chi connectivity index (χ1) is 14.3. The van der Waals surface area contributed by atoms with E-state index >= 15 is 0 Å². The summed E-state index contributed by atoms with van der Waals surface area (Å²) in [5.74, 6) is -0.153. The molecule has 1 N–H and O–H groups in total. The molecule has 0 radical (unpaired) electrons. The Kier molecular flexibility index (Phi) is 5.38. The molecule has 0 saturated carbocycles. The molecule has 30 heavy (non-hydrogen) atoms. The Morgan fingerprint density at radius 2 is 1.87 bits per heavy atom. The minimum absolute atomic E-state index is 0.0310. The van der Waals surface area contributed by atoms with Crippen LogP contribution < -0.4 is 14.5 Å². The molecule has 2 aromatic rings. The van der Waals surface area contributed by atoms with Crippen molar-refractivity contribution < 1.29 is 18.0 Å². The Morgan fingerprint density at radius 3 is 2.63 bits per heavy atom. The van der Waals surface area contributed by atoms with E-state index in [9.17, 15) is 18.0 Å². The maximum atomic E-state index is 12.7. The topological polar surface area (TPSA) is 86.8 Å². The number of sulfonamides is 1. The van der Waals surface area contributed by atoms with Crippen molar-refractivity contribution in [1.82, 2.24) is 4.72 Å². The largest absolute Gasteiger partial charge is 0.312 e.